The Morgan fingerprint density at radius 2 is 1.87 bits per heavy atom. The number of fused-ring (bicyclic) bond motifs is 2. The number of rotatable bonds is 8. The third-order valence-electron chi connectivity index (χ3n) is 7.93. The summed E-state index contributed by atoms with van der Waals surface area (Å²) in [6, 6.07) is 5.15. The highest BCUT2D eigenvalue weighted by Crippen LogP contribution is 2.40. The van der Waals surface area contributed by atoms with E-state index in [1.165, 1.54) is 13.3 Å². The van der Waals surface area contributed by atoms with Gasteiger partial charge in [0, 0.05) is 41.6 Å². The quantitative estimate of drug-likeness (QED) is 0.428. The molecule has 3 amide bonds. The zero-order chi connectivity index (χ0) is 28.5. The van der Waals surface area contributed by atoms with Gasteiger partial charge in [-0.15, -0.1) is 0 Å². The number of nitrogens with one attached hydrogen (secondary N) is 3. The number of carbonyl (C=O) groups excluding carboxylic acids is 4. The fourth-order valence-electron chi connectivity index (χ4n) is 5.47. The van der Waals surface area contributed by atoms with Gasteiger partial charge in [0.1, 0.15) is 24.9 Å². The molecule has 0 unspecified atom stereocenters. The molecule has 3 N–H and O–H groups in total. The molecule has 2 fully saturated rings. The Kier molecular flexibility index (Phi) is 8.66. The maximum atomic E-state index is 13.9. The lowest BCUT2D eigenvalue weighted by Gasteiger charge is -2.38. The summed E-state index contributed by atoms with van der Waals surface area (Å²) in [7, 11) is -2.95. The van der Waals surface area contributed by atoms with Gasteiger partial charge in [0.2, 0.25) is 17.3 Å². The number of hydrogen-bond acceptors (Lipinski definition) is 6. The van der Waals surface area contributed by atoms with Gasteiger partial charge in [0.05, 0.1) is 0 Å². The Bertz CT molecular complexity index is 1320. The number of benzene rings is 1. The second kappa shape index (κ2) is 11.6. The van der Waals surface area contributed by atoms with Gasteiger partial charge in [-0.2, -0.15) is 0 Å². The molecule has 2 aliphatic heterocycles. The van der Waals surface area contributed by atoms with Crippen molar-refractivity contribution in [3.63, 3.8) is 0 Å². The van der Waals surface area contributed by atoms with Gasteiger partial charge in [-0.25, -0.2) is 0 Å². The summed E-state index contributed by atoms with van der Waals surface area (Å²) < 4.78 is 12.2. The molecule has 4 rings (SSSR count). The molecule has 0 aliphatic carbocycles. The maximum Gasteiger partial charge on any atom is 0.268 e. The third kappa shape index (κ3) is 6.28. The van der Waals surface area contributed by atoms with Crippen molar-refractivity contribution in [3.8, 4) is 0 Å². The van der Waals surface area contributed by atoms with Gasteiger partial charge < -0.3 is 30.0 Å². The number of amides is 3. The Labute approximate surface area is 229 Å². The van der Waals surface area contributed by atoms with E-state index in [9.17, 15) is 23.7 Å². The van der Waals surface area contributed by atoms with E-state index in [0.29, 0.717) is 29.4 Å². The predicted molar refractivity (Wildman–Crippen MR) is 152 cm³/mol. The van der Waals surface area contributed by atoms with Crippen LogP contribution in [0, 0.1) is 0 Å². The lowest BCUT2D eigenvalue weighted by molar-refractivity contribution is -0.143. The molecule has 2 aliphatic rings. The average Bonchev–Trinajstić information content (AvgIpc) is 3.51. The molecule has 10 nitrogen and oxygen atoms in total. The molecule has 212 valence electrons. The van der Waals surface area contributed by atoms with E-state index in [0.717, 1.165) is 32.4 Å². The van der Waals surface area contributed by atoms with Gasteiger partial charge in [-0.3, -0.25) is 19.2 Å². The van der Waals surface area contributed by atoms with Crippen molar-refractivity contribution in [3.05, 3.63) is 35.5 Å². The zero-order valence-corrected chi connectivity index (χ0v) is 24.3. The highest BCUT2D eigenvalue weighted by molar-refractivity contribution is 7.79. The number of H-pyrrole nitrogens is 1. The SMILES string of the molecule is CC[C@H](C)NC(=O)[C@@H]1CC[C@@H]2CCN(CC)C[C@H](NC(=O)c3cc4cc(C(=O)P(C)(C)=O)ccc4[nH]3)C(=O)N21. The molecule has 1 aromatic carbocycles. The second-order valence-electron chi connectivity index (χ2n) is 11.2. The molecular formula is C28H40N5O5P. The Hall–Kier alpha value is -2.97. The van der Waals surface area contributed by atoms with Crippen molar-refractivity contribution in [1.82, 2.24) is 25.4 Å². The smallest absolute Gasteiger partial charge is 0.268 e. The van der Waals surface area contributed by atoms with Crippen LogP contribution >= 0.6 is 7.14 Å². The predicted octanol–water partition coefficient (Wildman–Crippen LogP) is 3.03. The Morgan fingerprint density at radius 1 is 1.13 bits per heavy atom. The van der Waals surface area contributed by atoms with E-state index >= 15 is 0 Å². The second-order valence-corrected chi connectivity index (χ2v) is 14.3. The van der Waals surface area contributed by atoms with Crippen molar-refractivity contribution >= 4 is 41.3 Å². The minimum atomic E-state index is -2.95. The summed E-state index contributed by atoms with van der Waals surface area (Å²) in [5.41, 5.74) is 0.827. The number of likely N-dealkylation sites (N-methyl/N-ethyl adjacent to an activating group) is 1. The number of aromatic amines is 1. The minimum absolute atomic E-state index is 0.0203. The van der Waals surface area contributed by atoms with Gasteiger partial charge in [0.25, 0.3) is 5.91 Å². The molecule has 3 heterocycles. The van der Waals surface area contributed by atoms with Gasteiger partial charge in [-0.1, -0.05) is 13.8 Å². The lowest BCUT2D eigenvalue weighted by Crippen LogP contribution is -2.60. The van der Waals surface area contributed by atoms with Crippen LogP contribution in [0.3, 0.4) is 0 Å². The first kappa shape index (κ1) is 29.0. The van der Waals surface area contributed by atoms with E-state index in [2.05, 4.69) is 20.5 Å². The number of carbonyl (C=O) groups is 4. The molecule has 11 heteroatoms. The minimum Gasteiger partial charge on any atom is -0.352 e. The van der Waals surface area contributed by atoms with E-state index in [1.807, 2.05) is 20.8 Å². The van der Waals surface area contributed by atoms with Crippen LogP contribution in [0.2, 0.25) is 0 Å². The molecule has 2 saturated heterocycles. The number of aromatic nitrogens is 1. The van der Waals surface area contributed by atoms with Crippen molar-refractivity contribution in [2.45, 2.75) is 70.6 Å². The third-order valence-corrected chi connectivity index (χ3v) is 9.17. The average molecular weight is 558 g/mol. The van der Waals surface area contributed by atoms with E-state index in [1.54, 1.807) is 29.2 Å². The Balaban J connectivity index is 1.57. The Morgan fingerprint density at radius 3 is 2.54 bits per heavy atom. The van der Waals surface area contributed by atoms with Gasteiger partial charge >= 0.3 is 0 Å². The molecule has 0 saturated carbocycles. The summed E-state index contributed by atoms with van der Waals surface area (Å²) in [6.07, 6.45) is 2.96. The van der Waals surface area contributed by atoms with Crippen LogP contribution in [0.15, 0.2) is 24.3 Å². The molecule has 39 heavy (non-hydrogen) atoms. The fourth-order valence-corrected chi connectivity index (χ4v) is 6.23. The highest BCUT2D eigenvalue weighted by Gasteiger charge is 2.45. The summed E-state index contributed by atoms with van der Waals surface area (Å²) in [6.45, 7) is 10.7. The van der Waals surface area contributed by atoms with Crippen LogP contribution in [0.5, 0.6) is 0 Å². The zero-order valence-electron chi connectivity index (χ0n) is 23.5. The van der Waals surface area contributed by atoms with Crippen LogP contribution in [0.4, 0.5) is 0 Å². The first-order chi connectivity index (χ1) is 18.4. The fraction of sp³-hybridized carbons (Fsp3) is 0.571. The summed E-state index contributed by atoms with van der Waals surface area (Å²) >= 11 is 0. The van der Waals surface area contributed by atoms with Crippen molar-refractivity contribution < 1.29 is 23.7 Å². The standard InChI is InChI=1S/C28H40N5O5P/c1-6-17(3)29-26(35)24-11-9-20-12-13-32(7-2)16-23(27(36)33(20)24)31-25(34)22-15-19-14-18(8-10-21(19)30-22)28(37)39(4,5)38/h8,10,14-15,17,20,23-24,30H,6-7,9,11-13,16H2,1-5H3,(H,29,35)(H,31,34)/t17-,20+,23-,24-/m0/s1. The van der Waals surface area contributed by atoms with Gasteiger partial charge in [-0.05, 0) is 76.7 Å². The highest BCUT2D eigenvalue weighted by atomic mass is 31.2. The molecule has 0 spiro atoms. The number of nitrogens with zero attached hydrogens (tertiary/aromatic N) is 2. The van der Waals surface area contributed by atoms with E-state index in [-0.39, 0.29) is 29.6 Å². The van der Waals surface area contributed by atoms with Crippen LogP contribution < -0.4 is 10.6 Å². The molecule has 4 atom stereocenters. The summed E-state index contributed by atoms with van der Waals surface area (Å²) in [5, 5.41) is 6.58. The van der Waals surface area contributed by atoms with Crippen LogP contribution in [0.25, 0.3) is 10.9 Å². The first-order valence-electron chi connectivity index (χ1n) is 13.8. The lowest BCUT2D eigenvalue weighted by atomic mass is 10.1. The molecule has 2 aromatic rings. The van der Waals surface area contributed by atoms with Crippen LogP contribution in [0.1, 0.15) is 67.3 Å². The largest absolute Gasteiger partial charge is 0.352 e. The van der Waals surface area contributed by atoms with Gasteiger partial charge in [0.15, 0.2) is 0 Å². The monoisotopic (exact) mass is 557 g/mol. The van der Waals surface area contributed by atoms with Crippen LogP contribution in [-0.4, -0.2) is 95.2 Å². The van der Waals surface area contributed by atoms with E-state index < -0.39 is 30.7 Å². The molecule has 0 bridgehead atoms. The molecule has 1 aromatic heterocycles. The molecule has 0 radical (unpaired) electrons. The summed E-state index contributed by atoms with van der Waals surface area (Å²) in [4.78, 5) is 59.8. The van der Waals surface area contributed by atoms with Crippen molar-refractivity contribution in [2.24, 2.45) is 0 Å². The molecular weight excluding hydrogens is 517 g/mol. The summed E-state index contributed by atoms with van der Waals surface area (Å²) in [5.74, 6) is -0.816. The topological polar surface area (TPSA) is 132 Å². The number of hydrogen-bond donors (Lipinski definition) is 3. The van der Waals surface area contributed by atoms with Crippen molar-refractivity contribution in [2.75, 3.05) is 33.0 Å². The van der Waals surface area contributed by atoms with E-state index in [4.69, 9.17) is 0 Å². The normalized spacial score (nSPS) is 23.2. The maximum absolute atomic E-state index is 13.9. The van der Waals surface area contributed by atoms with Crippen LogP contribution in [-0.2, 0) is 14.2 Å². The first-order valence-corrected chi connectivity index (χ1v) is 16.4. The van der Waals surface area contributed by atoms with Crippen molar-refractivity contribution in [1.29, 1.82) is 0 Å².